The fourth-order valence-electron chi connectivity index (χ4n) is 3.64. The Balaban J connectivity index is 1.94. The number of carbonyl (C=O) groups is 1. The summed E-state index contributed by atoms with van der Waals surface area (Å²) in [7, 11) is 1.78. The van der Waals surface area contributed by atoms with Gasteiger partial charge in [0.1, 0.15) is 5.54 Å². The van der Waals surface area contributed by atoms with Crippen LogP contribution in [0, 0.1) is 17.2 Å². The minimum Gasteiger partial charge on any atom is -0.396 e. The molecule has 1 saturated carbocycles. The molecule has 1 aliphatic carbocycles. The average molecular weight is 293 g/mol. The number of likely N-dealkylation sites (tertiary alicyclic amines) is 1. The van der Waals surface area contributed by atoms with Crippen LogP contribution in [0.4, 0.5) is 0 Å². The van der Waals surface area contributed by atoms with E-state index in [9.17, 15) is 15.2 Å². The predicted molar refractivity (Wildman–Crippen MR) is 80.4 cm³/mol. The van der Waals surface area contributed by atoms with Crippen molar-refractivity contribution in [3.63, 3.8) is 0 Å². The first-order valence-electron chi connectivity index (χ1n) is 8.12. The zero-order chi connectivity index (χ0) is 15.3. The van der Waals surface area contributed by atoms with Crippen LogP contribution in [0.2, 0.25) is 0 Å². The maximum atomic E-state index is 12.5. The molecule has 0 spiro atoms. The largest absolute Gasteiger partial charge is 0.396 e. The molecule has 1 unspecified atom stereocenters. The molecule has 0 bridgehead atoms. The Kier molecular flexibility index (Phi) is 5.60. The lowest BCUT2D eigenvalue weighted by Gasteiger charge is -2.40. The van der Waals surface area contributed by atoms with Gasteiger partial charge in [-0.05, 0) is 38.1 Å². The van der Waals surface area contributed by atoms with Gasteiger partial charge in [-0.1, -0.05) is 19.3 Å². The molecule has 1 aliphatic heterocycles. The van der Waals surface area contributed by atoms with E-state index >= 15 is 0 Å². The first-order chi connectivity index (χ1) is 10.1. The minimum atomic E-state index is -0.596. The molecule has 2 fully saturated rings. The summed E-state index contributed by atoms with van der Waals surface area (Å²) in [6.07, 6.45) is 6.89. The zero-order valence-corrected chi connectivity index (χ0v) is 13.1. The van der Waals surface area contributed by atoms with Gasteiger partial charge in [0.15, 0.2) is 0 Å². The quantitative estimate of drug-likeness (QED) is 0.850. The number of piperidine rings is 1. The molecule has 118 valence electrons. The SMILES string of the molecule is CN(C(=O)CN1CCCC(CO)C1)C1(C#N)CCCCC1. The second-order valence-corrected chi connectivity index (χ2v) is 6.58. The summed E-state index contributed by atoms with van der Waals surface area (Å²) in [4.78, 5) is 16.4. The molecule has 0 radical (unpaired) electrons. The Morgan fingerprint density at radius 2 is 2.10 bits per heavy atom. The number of nitriles is 1. The number of aliphatic hydroxyl groups excluding tert-OH is 1. The Morgan fingerprint density at radius 3 is 2.71 bits per heavy atom. The number of hydrogen-bond acceptors (Lipinski definition) is 4. The summed E-state index contributed by atoms with van der Waals surface area (Å²) in [5, 5.41) is 18.8. The van der Waals surface area contributed by atoms with Gasteiger partial charge in [0.05, 0.1) is 12.6 Å². The number of hydrogen-bond donors (Lipinski definition) is 1. The molecule has 1 N–H and O–H groups in total. The molecule has 0 aromatic heterocycles. The van der Waals surface area contributed by atoms with Gasteiger partial charge in [-0.15, -0.1) is 0 Å². The Morgan fingerprint density at radius 1 is 1.38 bits per heavy atom. The lowest BCUT2D eigenvalue weighted by Crippen LogP contribution is -2.53. The summed E-state index contributed by atoms with van der Waals surface area (Å²) in [6.45, 7) is 2.27. The molecule has 0 aromatic rings. The van der Waals surface area contributed by atoms with Crippen LogP contribution in [0.3, 0.4) is 0 Å². The van der Waals surface area contributed by atoms with Gasteiger partial charge in [-0.2, -0.15) is 5.26 Å². The van der Waals surface area contributed by atoms with Crippen molar-refractivity contribution in [2.24, 2.45) is 5.92 Å². The van der Waals surface area contributed by atoms with Crippen molar-refractivity contribution in [2.75, 3.05) is 33.3 Å². The van der Waals surface area contributed by atoms with E-state index < -0.39 is 5.54 Å². The van der Waals surface area contributed by atoms with E-state index in [0.717, 1.165) is 58.0 Å². The van der Waals surface area contributed by atoms with Crippen LogP contribution in [0.15, 0.2) is 0 Å². The van der Waals surface area contributed by atoms with Crippen LogP contribution in [0.1, 0.15) is 44.9 Å². The first-order valence-corrected chi connectivity index (χ1v) is 8.12. The van der Waals surface area contributed by atoms with Gasteiger partial charge in [-0.25, -0.2) is 0 Å². The lowest BCUT2D eigenvalue weighted by molar-refractivity contribution is -0.136. The number of aliphatic hydroxyl groups is 1. The van der Waals surface area contributed by atoms with Crippen LogP contribution >= 0.6 is 0 Å². The fraction of sp³-hybridized carbons (Fsp3) is 0.875. The first kappa shape index (κ1) is 16.3. The third kappa shape index (κ3) is 3.75. The highest BCUT2D eigenvalue weighted by molar-refractivity contribution is 5.79. The van der Waals surface area contributed by atoms with Crippen LogP contribution in [-0.4, -0.2) is 59.6 Å². The highest BCUT2D eigenvalue weighted by Crippen LogP contribution is 2.32. The lowest BCUT2D eigenvalue weighted by atomic mass is 9.81. The standard InChI is InChI=1S/C16H27N3O2/c1-18(16(13-17)7-3-2-4-8-16)15(21)11-19-9-5-6-14(10-19)12-20/h14,20H,2-12H2,1H3. The van der Waals surface area contributed by atoms with Crippen LogP contribution in [0.5, 0.6) is 0 Å². The van der Waals surface area contributed by atoms with Crippen molar-refractivity contribution in [1.82, 2.24) is 9.80 Å². The summed E-state index contributed by atoms with van der Waals surface area (Å²) >= 11 is 0. The van der Waals surface area contributed by atoms with E-state index in [1.165, 1.54) is 0 Å². The molecule has 1 atom stereocenters. The molecule has 1 heterocycles. The molecule has 2 rings (SSSR count). The maximum Gasteiger partial charge on any atom is 0.237 e. The van der Waals surface area contributed by atoms with Gasteiger partial charge in [0.2, 0.25) is 5.91 Å². The average Bonchev–Trinajstić information content (AvgIpc) is 2.54. The number of carbonyl (C=O) groups excluding carboxylic acids is 1. The molecule has 5 heteroatoms. The topological polar surface area (TPSA) is 67.6 Å². The zero-order valence-electron chi connectivity index (χ0n) is 13.1. The molecular formula is C16H27N3O2. The third-order valence-electron chi connectivity index (χ3n) is 5.13. The molecule has 5 nitrogen and oxygen atoms in total. The van der Waals surface area contributed by atoms with E-state index in [1.807, 2.05) is 0 Å². The van der Waals surface area contributed by atoms with Crippen molar-refractivity contribution in [2.45, 2.75) is 50.5 Å². The van der Waals surface area contributed by atoms with Gasteiger partial charge >= 0.3 is 0 Å². The van der Waals surface area contributed by atoms with Gasteiger partial charge in [-0.3, -0.25) is 9.69 Å². The van der Waals surface area contributed by atoms with E-state index in [4.69, 9.17) is 0 Å². The van der Waals surface area contributed by atoms with Crippen molar-refractivity contribution >= 4 is 5.91 Å². The molecule has 1 saturated heterocycles. The summed E-state index contributed by atoms with van der Waals surface area (Å²) in [6, 6.07) is 2.40. The third-order valence-corrected chi connectivity index (χ3v) is 5.13. The van der Waals surface area contributed by atoms with Crippen molar-refractivity contribution in [3.8, 4) is 6.07 Å². The number of nitrogens with zero attached hydrogens (tertiary/aromatic N) is 3. The van der Waals surface area contributed by atoms with Crippen LogP contribution < -0.4 is 0 Å². The van der Waals surface area contributed by atoms with E-state index in [-0.39, 0.29) is 18.4 Å². The smallest absolute Gasteiger partial charge is 0.237 e. The Bertz CT molecular complexity index is 399. The fourth-order valence-corrected chi connectivity index (χ4v) is 3.64. The van der Waals surface area contributed by atoms with Gasteiger partial charge in [0.25, 0.3) is 0 Å². The van der Waals surface area contributed by atoms with E-state index in [2.05, 4.69) is 11.0 Å². The highest BCUT2D eigenvalue weighted by atomic mass is 16.3. The van der Waals surface area contributed by atoms with Crippen molar-refractivity contribution in [3.05, 3.63) is 0 Å². The minimum absolute atomic E-state index is 0.0389. The predicted octanol–water partition coefficient (Wildman–Crippen LogP) is 1.38. The van der Waals surface area contributed by atoms with Crippen molar-refractivity contribution in [1.29, 1.82) is 5.26 Å². The number of rotatable bonds is 4. The number of amides is 1. The second kappa shape index (κ2) is 7.24. The van der Waals surface area contributed by atoms with Gasteiger partial charge in [0, 0.05) is 20.2 Å². The van der Waals surface area contributed by atoms with Gasteiger partial charge < -0.3 is 10.0 Å². The molecule has 21 heavy (non-hydrogen) atoms. The second-order valence-electron chi connectivity index (χ2n) is 6.58. The maximum absolute atomic E-state index is 12.5. The highest BCUT2D eigenvalue weighted by Gasteiger charge is 2.39. The van der Waals surface area contributed by atoms with Crippen molar-refractivity contribution < 1.29 is 9.90 Å². The summed E-state index contributed by atoms with van der Waals surface area (Å²) in [5.41, 5.74) is -0.596. The van der Waals surface area contributed by atoms with Crippen LogP contribution in [-0.2, 0) is 4.79 Å². The number of likely N-dealkylation sites (N-methyl/N-ethyl adjacent to an activating group) is 1. The molecular weight excluding hydrogens is 266 g/mol. The molecule has 2 aliphatic rings. The molecule has 1 amide bonds. The monoisotopic (exact) mass is 293 g/mol. The Hall–Kier alpha value is -1.12. The molecule has 0 aromatic carbocycles. The summed E-state index contributed by atoms with van der Waals surface area (Å²) < 4.78 is 0. The normalized spacial score (nSPS) is 26.0. The van der Waals surface area contributed by atoms with Crippen LogP contribution in [0.25, 0.3) is 0 Å². The Labute approximate surface area is 127 Å². The van der Waals surface area contributed by atoms with E-state index in [1.54, 1.807) is 11.9 Å². The summed E-state index contributed by atoms with van der Waals surface area (Å²) in [5.74, 6) is 0.327. The van der Waals surface area contributed by atoms with E-state index in [0.29, 0.717) is 6.54 Å².